The molecule has 0 saturated carbocycles. The second-order valence-electron chi connectivity index (χ2n) is 7.54. The molecule has 128 valence electrons. The van der Waals surface area contributed by atoms with E-state index in [-0.39, 0.29) is 5.54 Å². The van der Waals surface area contributed by atoms with Crippen molar-refractivity contribution >= 4 is 5.96 Å². The zero-order valence-corrected chi connectivity index (χ0v) is 14.9. The summed E-state index contributed by atoms with van der Waals surface area (Å²) >= 11 is 0. The van der Waals surface area contributed by atoms with Crippen molar-refractivity contribution in [1.82, 2.24) is 10.2 Å². The van der Waals surface area contributed by atoms with Crippen LogP contribution in [0.1, 0.15) is 57.6 Å². The second-order valence-corrected chi connectivity index (χ2v) is 7.54. The number of benzene rings is 1. The van der Waals surface area contributed by atoms with Crippen LogP contribution >= 0.6 is 0 Å². The van der Waals surface area contributed by atoms with Crippen LogP contribution in [-0.4, -0.2) is 29.5 Å². The predicted molar refractivity (Wildman–Crippen MR) is 98.4 cm³/mol. The molecule has 1 heterocycles. The van der Waals surface area contributed by atoms with E-state index < -0.39 is 0 Å². The number of hydrogen-bond donors (Lipinski definition) is 2. The van der Waals surface area contributed by atoms with Gasteiger partial charge in [0.05, 0.1) is 6.54 Å². The third-order valence-corrected chi connectivity index (χ3v) is 4.13. The van der Waals surface area contributed by atoms with Gasteiger partial charge in [-0.25, -0.2) is 4.99 Å². The lowest BCUT2D eigenvalue weighted by molar-refractivity contribution is 0.276. The van der Waals surface area contributed by atoms with E-state index in [9.17, 15) is 0 Å². The number of rotatable bonds is 4. The number of aliphatic imine (C=N–C) groups is 1. The molecule has 1 aromatic rings. The monoisotopic (exact) mass is 316 g/mol. The third kappa shape index (κ3) is 6.61. The number of nitrogens with zero attached hydrogens (tertiary/aromatic N) is 2. The fraction of sp³-hybridized carbons (Fsp3) is 0.632. The topological polar surface area (TPSA) is 53.6 Å². The molecule has 0 atom stereocenters. The fourth-order valence-corrected chi connectivity index (χ4v) is 3.00. The average molecular weight is 316 g/mol. The van der Waals surface area contributed by atoms with Crippen LogP contribution in [0, 0.1) is 0 Å². The number of guanidine groups is 1. The van der Waals surface area contributed by atoms with Crippen LogP contribution in [0.3, 0.4) is 0 Å². The van der Waals surface area contributed by atoms with Gasteiger partial charge < -0.3 is 11.1 Å². The van der Waals surface area contributed by atoms with Gasteiger partial charge in [-0.05, 0) is 57.8 Å². The van der Waals surface area contributed by atoms with Crippen molar-refractivity contribution < 1.29 is 0 Å². The lowest BCUT2D eigenvalue weighted by Gasteiger charge is -2.22. The van der Waals surface area contributed by atoms with Crippen molar-refractivity contribution in [2.45, 2.75) is 65.1 Å². The van der Waals surface area contributed by atoms with Gasteiger partial charge in [0.2, 0.25) is 0 Å². The highest BCUT2D eigenvalue weighted by molar-refractivity contribution is 5.78. The molecule has 0 bridgehead atoms. The smallest absolute Gasteiger partial charge is 0.189 e. The maximum absolute atomic E-state index is 5.99. The van der Waals surface area contributed by atoms with Crippen LogP contribution in [0.25, 0.3) is 0 Å². The van der Waals surface area contributed by atoms with Crippen molar-refractivity contribution in [3.63, 3.8) is 0 Å². The molecule has 1 aliphatic rings. The predicted octanol–water partition coefficient (Wildman–Crippen LogP) is 3.27. The summed E-state index contributed by atoms with van der Waals surface area (Å²) in [7, 11) is 0. The van der Waals surface area contributed by atoms with Gasteiger partial charge in [-0.3, -0.25) is 4.90 Å². The summed E-state index contributed by atoms with van der Waals surface area (Å²) in [4.78, 5) is 7.09. The summed E-state index contributed by atoms with van der Waals surface area (Å²) < 4.78 is 0. The third-order valence-electron chi connectivity index (χ3n) is 4.13. The minimum atomic E-state index is -0.0564. The van der Waals surface area contributed by atoms with Crippen LogP contribution in [0.5, 0.6) is 0 Å². The summed E-state index contributed by atoms with van der Waals surface area (Å²) in [5, 5.41) is 3.22. The average Bonchev–Trinajstić information content (AvgIpc) is 2.73. The zero-order valence-electron chi connectivity index (χ0n) is 14.9. The number of nitrogens with one attached hydrogen (secondary N) is 1. The van der Waals surface area contributed by atoms with E-state index in [0.717, 1.165) is 6.54 Å². The summed E-state index contributed by atoms with van der Waals surface area (Å²) in [5.74, 6) is 0.516. The van der Waals surface area contributed by atoms with Gasteiger partial charge in [0.1, 0.15) is 0 Å². The number of nitrogens with two attached hydrogens (primary N) is 1. The van der Waals surface area contributed by atoms with Gasteiger partial charge in [0.25, 0.3) is 0 Å². The molecule has 23 heavy (non-hydrogen) atoms. The van der Waals surface area contributed by atoms with E-state index in [1.807, 2.05) is 0 Å². The van der Waals surface area contributed by atoms with Crippen LogP contribution in [0.4, 0.5) is 0 Å². The molecule has 0 aromatic heterocycles. The van der Waals surface area contributed by atoms with E-state index in [0.29, 0.717) is 12.5 Å². The molecule has 0 aliphatic carbocycles. The second kappa shape index (κ2) is 8.34. The Morgan fingerprint density at radius 1 is 1.09 bits per heavy atom. The number of likely N-dealkylation sites (tertiary alicyclic amines) is 1. The van der Waals surface area contributed by atoms with Gasteiger partial charge in [-0.1, -0.05) is 37.1 Å². The molecule has 0 spiro atoms. The summed E-state index contributed by atoms with van der Waals surface area (Å²) in [5.41, 5.74) is 8.58. The molecular formula is C19H32N4. The Morgan fingerprint density at radius 2 is 1.70 bits per heavy atom. The van der Waals surface area contributed by atoms with Gasteiger partial charge in [-0.15, -0.1) is 0 Å². The summed E-state index contributed by atoms with van der Waals surface area (Å²) in [6.07, 6.45) is 5.39. The Kier molecular flexibility index (Phi) is 6.46. The Morgan fingerprint density at radius 3 is 2.30 bits per heavy atom. The van der Waals surface area contributed by atoms with Crippen LogP contribution in [0.15, 0.2) is 29.3 Å². The Balaban J connectivity index is 2.00. The summed E-state index contributed by atoms with van der Waals surface area (Å²) in [6, 6.07) is 8.60. The maximum atomic E-state index is 5.99. The van der Waals surface area contributed by atoms with E-state index in [2.05, 4.69) is 60.2 Å². The van der Waals surface area contributed by atoms with Crippen molar-refractivity contribution in [3.05, 3.63) is 35.4 Å². The minimum Gasteiger partial charge on any atom is -0.370 e. The highest BCUT2D eigenvalue weighted by atomic mass is 15.1. The first kappa shape index (κ1) is 17.8. The van der Waals surface area contributed by atoms with Crippen LogP contribution in [0.2, 0.25) is 0 Å². The van der Waals surface area contributed by atoms with Gasteiger partial charge >= 0.3 is 0 Å². The highest BCUT2D eigenvalue weighted by Crippen LogP contribution is 2.16. The molecular weight excluding hydrogens is 284 g/mol. The maximum Gasteiger partial charge on any atom is 0.189 e. The van der Waals surface area contributed by atoms with Crippen molar-refractivity contribution in [3.8, 4) is 0 Å². The molecule has 1 aromatic carbocycles. The molecule has 1 saturated heterocycles. The van der Waals surface area contributed by atoms with Crippen molar-refractivity contribution in [2.24, 2.45) is 10.7 Å². The van der Waals surface area contributed by atoms with Gasteiger partial charge in [-0.2, -0.15) is 0 Å². The van der Waals surface area contributed by atoms with Gasteiger partial charge in [0.15, 0.2) is 5.96 Å². The minimum absolute atomic E-state index is 0.0564. The zero-order chi connectivity index (χ0) is 16.7. The lowest BCUT2D eigenvalue weighted by Crippen LogP contribution is -2.45. The van der Waals surface area contributed by atoms with E-state index in [1.54, 1.807) is 0 Å². The number of hydrogen-bond acceptors (Lipinski definition) is 2. The molecule has 4 heteroatoms. The highest BCUT2D eigenvalue weighted by Gasteiger charge is 2.12. The lowest BCUT2D eigenvalue weighted by atomic mass is 10.1. The molecule has 2 rings (SSSR count). The first-order valence-corrected chi connectivity index (χ1v) is 8.81. The Bertz CT molecular complexity index is 508. The Hall–Kier alpha value is -1.55. The molecule has 3 N–H and O–H groups in total. The Labute approximate surface area is 141 Å². The normalized spacial score (nSPS) is 17.8. The molecule has 1 fully saturated rings. The van der Waals surface area contributed by atoms with E-state index in [4.69, 9.17) is 5.73 Å². The quantitative estimate of drug-likeness (QED) is 0.662. The van der Waals surface area contributed by atoms with Crippen LogP contribution in [-0.2, 0) is 13.1 Å². The molecule has 4 nitrogen and oxygen atoms in total. The largest absolute Gasteiger partial charge is 0.370 e. The molecule has 1 aliphatic heterocycles. The molecule has 0 amide bonds. The van der Waals surface area contributed by atoms with E-state index in [1.165, 1.54) is 49.9 Å². The van der Waals surface area contributed by atoms with E-state index >= 15 is 0 Å². The van der Waals surface area contributed by atoms with Crippen molar-refractivity contribution in [2.75, 3.05) is 13.1 Å². The first-order chi connectivity index (χ1) is 10.9. The standard InChI is InChI=1S/C19H32N4/c1-19(2,3)22-18(20)21-14-16-10-6-7-11-17(16)15-23-12-8-4-5-9-13-23/h6-7,10-11H,4-5,8-9,12-15H2,1-3H3,(H3,20,21,22). The van der Waals surface area contributed by atoms with Gasteiger partial charge in [0, 0.05) is 12.1 Å². The summed E-state index contributed by atoms with van der Waals surface area (Å²) in [6.45, 7) is 10.3. The molecule has 0 unspecified atom stereocenters. The van der Waals surface area contributed by atoms with Crippen molar-refractivity contribution in [1.29, 1.82) is 0 Å². The SMILES string of the molecule is CC(C)(C)NC(N)=NCc1ccccc1CN1CCCCCC1. The first-order valence-electron chi connectivity index (χ1n) is 8.81. The molecule has 0 radical (unpaired) electrons. The fourth-order valence-electron chi connectivity index (χ4n) is 3.00. The van der Waals surface area contributed by atoms with Crippen LogP contribution < -0.4 is 11.1 Å².